The van der Waals surface area contributed by atoms with Crippen LogP contribution >= 0.6 is 0 Å². The molecule has 0 N–H and O–H groups in total. The molecule has 0 aliphatic heterocycles. The third kappa shape index (κ3) is 5.84. The molecule has 0 spiro atoms. The molecule has 0 aromatic carbocycles. The van der Waals surface area contributed by atoms with Gasteiger partial charge in [0.05, 0.1) is 0 Å². The molecule has 0 rings (SSSR count). The summed E-state index contributed by atoms with van der Waals surface area (Å²) in [5.74, 6) is 0.597. The molecule has 1 heteroatoms. The zero-order chi connectivity index (χ0) is 8.69. The smallest absolute Gasteiger partial charge is 0.108 e. The van der Waals surface area contributed by atoms with Crippen LogP contribution in [0, 0.1) is 5.92 Å². The minimum atomic E-state index is -0.369. The number of rotatable bonds is 4. The van der Waals surface area contributed by atoms with Gasteiger partial charge in [-0.05, 0) is 12.8 Å². The van der Waals surface area contributed by atoms with Crippen molar-refractivity contribution in [1.82, 2.24) is 0 Å². The molecule has 0 amide bonds. The lowest BCUT2D eigenvalue weighted by molar-refractivity contribution is 0.561. The second kappa shape index (κ2) is 6.14. The van der Waals surface area contributed by atoms with Crippen LogP contribution in [0.25, 0.3) is 0 Å². The molecular formula is C10H17F. The lowest BCUT2D eigenvalue weighted by atomic mass is 10.1. The van der Waals surface area contributed by atoms with E-state index in [4.69, 9.17) is 0 Å². The molecule has 1 unspecified atom stereocenters. The van der Waals surface area contributed by atoms with Crippen molar-refractivity contribution < 1.29 is 4.39 Å². The lowest BCUT2D eigenvalue weighted by Crippen LogP contribution is -1.86. The average Bonchev–Trinajstić information content (AvgIpc) is 2.00. The van der Waals surface area contributed by atoms with Gasteiger partial charge in [0, 0.05) is 0 Å². The van der Waals surface area contributed by atoms with Gasteiger partial charge in [0.25, 0.3) is 0 Å². The SMILES string of the molecule is CCC(C)/C=C(C)\C=C/CF. The highest BCUT2D eigenvalue weighted by atomic mass is 19.1. The zero-order valence-electron chi connectivity index (χ0n) is 7.60. The van der Waals surface area contributed by atoms with Gasteiger partial charge in [0.15, 0.2) is 0 Å². The standard InChI is InChI=1S/C10H17F/c1-4-9(2)8-10(3)6-5-7-11/h5-6,8-9H,4,7H2,1-3H3/b6-5-,10-8-. The Morgan fingerprint density at radius 2 is 2.18 bits per heavy atom. The molecule has 11 heavy (non-hydrogen) atoms. The second-order valence-electron chi connectivity index (χ2n) is 2.85. The maximum atomic E-state index is 11.7. The first-order valence-electron chi connectivity index (χ1n) is 4.11. The van der Waals surface area contributed by atoms with Gasteiger partial charge < -0.3 is 0 Å². The van der Waals surface area contributed by atoms with E-state index in [0.717, 1.165) is 12.0 Å². The molecule has 0 aliphatic rings. The van der Waals surface area contributed by atoms with E-state index in [1.807, 2.05) is 13.0 Å². The van der Waals surface area contributed by atoms with Crippen LogP contribution in [0.1, 0.15) is 27.2 Å². The molecule has 0 saturated heterocycles. The molecular weight excluding hydrogens is 139 g/mol. The first kappa shape index (κ1) is 10.4. The monoisotopic (exact) mass is 156 g/mol. The van der Waals surface area contributed by atoms with Crippen LogP contribution < -0.4 is 0 Å². The van der Waals surface area contributed by atoms with Gasteiger partial charge in [-0.2, -0.15) is 0 Å². The van der Waals surface area contributed by atoms with Gasteiger partial charge >= 0.3 is 0 Å². The number of hydrogen-bond acceptors (Lipinski definition) is 0. The molecule has 0 aromatic heterocycles. The van der Waals surface area contributed by atoms with E-state index in [0.29, 0.717) is 5.92 Å². The summed E-state index contributed by atoms with van der Waals surface area (Å²) in [7, 11) is 0. The van der Waals surface area contributed by atoms with Crippen LogP contribution in [0.5, 0.6) is 0 Å². The topological polar surface area (TPSA) is 0 Å². The van der Waals surface area contributed by atoms with Crippen molar-refractivity contribution in [3.63, 3.8) is 0 Å². The minimum absolute atomic E-state index is 0.369. The van der Waals surface area contributed by atoms with Crippen LogP contribution in [0.2, 0.25) is 0 Å². The van der Waals surface area contributed by atoms with E-state index in [1.165, 1.54) is 6.08 Å². The minimum Gasteiger partial charge on any atom is -0.247 e. The summed E-state index contributed by atoms with van der Waals surface area (Å²) < 4.78 is 11.7. The van der Waals surface area contributed by atoms with Crippen LogP contribution in [0.4, 0.5) is 4.39 Å². The van der Waals surface area contributed by atoms with E-state index < -0.39 is 0 Å². The fourth-order valence-corrected chi connectivity index (χ4v) is 0.853. The van der Waals surface area contributed by atoms with Gasteiger partial charge in [-0.25, -0.2) is 4.39 Å². The fraction of sp³-hybridized carbons (Fsp3) is 0.600. The van der Waals surface area contributed by atoms with Crippen molar-refractivity contribution in [2.45, 2.75) is 27.2 Å². The summed E-state index contributed by atoms with van der Waals surface area (Å²) in [5, 5.41) is 0. The van der Waals surface area contributed by atoms with Gasteiger partial charge in [0.1, 0.15) is 6.67 Å². The van der Waals surface area contributed by atoms with Crippen LogP contribution in [0.15, 0.2) is 23.8 Å². The van der Waals surface area contributed by atoms with Crippen molar-refractivity contribution in [2.24, 2.45) is 5.92 Å². The predicted octanol–water partition coefficient (Wildman–Crippen LogP) is 3.50. The highest BCUT2D eigenvalue weighted by Gasteiger charge is 1.91. The Labute approximate surface area is 68.8 Å². The predicted molar refractivity (Wildman–Crippen MR) is 48.3 cm³/mol. The summed E-state index contributed by atoms with van der Waals surface area (Å²) in [6.07, 6.45) is 6.66. The fourth-order valence-electron chi connectivity index (χ4n) is 0.853. The maximum absolute atomic E-state index is 11.7. The Morgan fingerprint density at radius 1 is 1.55 bits per heavy atom. The normalized spacial score (nSPS) is 15.8. The van der Waals surface area contributed by atoms with Crippen molar-refractivity contribution in [3.8, 4) is 0 Å². The summed E-state index contributed by atoms with van der Waals surface area (Å²) in [6.45, 7) is 5.93. The molecule has 0 radical (unpaired) electrons. The Balaban J connectivity index is 3.89. The van der Waals surface area contributed by atoms with Crippen molar-refractivity contribution in [1.29, 1.82) is 0 Å². The molecule has 0 nitrogen and oxygen atoms in total. The number of hydrogen-bond donors (Lipinski definition) is 0. The Bertz CT molecular complexity index is 145. The third-order valence-electron chi connectivity index (χ3n) is 1.66. The molecule has 0 saturated carbocycles. The zero-order valence-corrected chi connectivity index (χ0v) is 7.60. The third-order valence-corrected chi connectivity index (χ3v) is 1.66. The largest absolute Gasteiger partial charge is 0.247 e. The van der Waals surface area contributed by atoms with Gasteiger partial charge in [0.2, 0.25) is 0 Å². The van der Waals surface area contributed by atoms with Crippen LogP contribution in [-0.2, 0) is 0 Å². The van der Waals surface area contributed by atoms with E-state index in [1.54, 1.807) is 0 Å². The Hall–Kier alpha value is -0.590. The molecule has 0 fully saturated rings. The summed E-state index contributed by atoms with van der Waals surface area (Å²) >= 11 is 0. The van der Waals surface area contributed by atoms with E-state index in [9.17, 15) is 4.39 Å². The van der Waals surface area contributed by atoms with Gasteiger partial charge in [-0.3, -0.25) is 0 Å². The van der Waals surface area contributed by atoms with Crippen LogP contribution in [0.3, 0.4) is 0 Å². The summed E-state index contributed by atoms with van der Waals surface area (Å²) in [5.41, 5.74) is 1.15. The van der Waals surface area contributed by atoms with E-state index in [2.05, 4.69) is 19.9 Å². The van der Waals surface area contributed by atoms with E-state index in [-0.39, 0.29) is 6.67 Å². The first-order valence-corrected chi connectivity index (χ1v) is 4.11. The Kier molecular flexibility index (Phi) is 5.81. The molecule has 0 bridgehead atoms. The van der Waals surface area contributed by atoms with Gasteiger partial charge in [-0.1, -0.05) is 44.1 Å². The average molecular weight is 156 g/mol. The Morgan fingerprint density at radius 3 is 2.64 bits per heavy atom. The maximum Gasteiger partial charge on any atom is 0.108 e. The van der Waals surface area contributed by atoms with Gasteiger partial charge in [-0.15, -0.1) is 0 Å². The highest BCUT2D eigenvalue weighted by molar-refractivity contribution is 5.16. The lowest BCUT2D eigenvalue weighted by Gasteiger charge is -2.00. The summed E-state index contributed by atoms with van der Waals surface area (Å²) in [4.78, 5) is 0. The molecule has 64 valence electrons. The highest BCUT2D eigenvalue weighted by Crippen LogP contribution is 2.07. The second-order valence-corrected chi connectivity index (χ2v) is 2.85. The van der Waals surface area contributed by atoms with Crippen molar-refractivity contribution >= 4 is 0 Å². The number of allylic oxidation sites excluding steroid dienone is 4. The number of alkyl halides is 1. The summed E-state index contributed by atoms with van der Waals surface area (Å²) in [6, 6.07) is 0. The molecule has 1 atom stereocenters. The molecule has 0 heterocycles. The number of halogens is 1. The first-order chi connectivity index (χ1) is 5.20. The van der Waals surface area contributed by atoms with Crippen LogP contribution in [-0.4, -0.2) is 6.67 Å². The molecule has 0 aliphatic carbocycles. The van der Waals surface area contributed by atoms with Crippen molar-refractivity contribution in [2.75, 3.05) is 6.67 Å². The van der Waals surface area contributed by atoms with E-state index >= 15 is 0 Å². The quantitative estimate of drug-likeness (QED) is 0.546. The molecule has 0 aromatic rings. The van der Waals surface area contributed by atoms with Crippen molar-refractivity contribution in [3.05, 3.63) is 23.8 Å².